The fourth-order valence-corrected chi connectivity index (χ4v) is 3.79. The van der Waals surface area contributed by atoms with E-state index in [4.69, 9.17) is 4.74 Å². The molecule has 28 heavy (non-hydrogen) atoms. The lowest BCUT2D eigenvalue weighted by Crippen LogP contribution is -2.41. The fourth-order valence-electron chi connectivity index (χ4n) is 2.95. The van der Waals surface area contributed by atoms with Crippen LogP contribution in [-0.4, -0.2) is 22.2 Å². The molecule has 1 aromatic carbocycles. The fraction of sp³-hybridized carbons (Fsp3) is 0.350. The molecule has 0 atom stereocenters. The van der Waals surface area contributed by atoms with Crippen LogP contribution in [0.5, 0.6) is 5.75 Å². The predicted molar refractivity (Wildman–Crippen MR) is 111 cm³/mol. The Bertz CT molecular complexity index is 1110. The summed E-state index contributed by atoms with van der Waals surface area (Å²) in [6, 6.07) is 8.76. The number of nitrogens with one attached hydrogen (secondary N) is 1. The standard InChI is InChI=1S/C20H23N3O4S/c1-13(2)8-10-22-19(25)18-15(9-11-28-18)23(20(22)26)12-17(24)21-14-6-4-5-7-16(14)27-3/h4-7,9,11,13H,8,10,12H2,1-3H3,(H,21,24). The number of methoxy groups -OCH3 is 1. The van der Waals surface area contributed by atoms with Crippen molar-refractivity contribution in [3.05, 3.63) is 56.5 Å². The smallest absolute Gasteiger partial charge is 0.332 e. The topological polar surface area (TPSA) is 82.3 Å². The Kier molecular flexibility index (Phi) is 5.99. The van der Waals surface area contributed by atoms with Crippen LogP contribution in [0.4, 0.5) is 5.69 Å². The van der Waals surface area contributed by atoms with Crippen LogP contribution in [0.3, 0.4) is 0 Å². The Balaban J connectivity index is 1.96. The summed E-state index contributed by atoms with van der Waals surface area (Å²) in [5, 5.41) is 4.53. The molecule has 0 saturated heterocycles. The third-order valence-corrected chi connectivity index (χ3v) is 5.34. The van der Waals surface area contributed by atoms with Crippen molar-refractivity contribution in [2.45, 2.75) is 33.4 Å². The average molecular weight is 401 g/mol. The van der Waals surface area contributed by atoms with Crippen molar-refractivity contribution in [1.82, 2.24) is 9.13 Å². The molecule has 1 amide bonds. The van der Waals surface area contributed by atoms with E-state index < -0.39 is 5.69 Å². The number of anilines is 1. The van der Waals surface area contributed by atoms with Crippen molar-refractivity contribution >= 4 is 33.1 Å². The van der Waals surface area contributed by atoms with Crippen LogP contribution in [0.2, 0.25) is 0 Å². The summed E-state index contributed by atoms with van der Waals surface area (Å²) in [6.07, 6.45) is 0.708. The first-order valence-corrected chi connectivity index (χ1v) is 9.94. The molecule has 2 heterocycles. The lowest BCUT2D eigenvalue weighted by atomic mass is 10.1. The molecule has 0 saturated carbocycles. The molecule has 7 nitrogen and oxygen atoms in total. The van der Waals surface area contributed by atoms with E-state index in [1.807, 2.05) is 13.8 Å². The lowest BCUT2D eigenvalue weighted by Gasteiger charge is -2.14. The second kappa shape index (κ2) is 8.43. The molecule has 0 radical (unpaired) electrons. The minimum absolute atomic E-state index is 0.188. The summed E-state index contributed by atoms with van der Waals surface area (Å²) in [7, 11) is 1.52. The van der Waals surface area contributed by atoms with Gasteiger partial charge >= 0.3 is 5.69 Å². The molecule has 0 unspecified atom stereocenters. The van der Waals surface area contributed by atoms with Crippen molar-refractivity contribution in [1.29, 1.82) is 0 Å². The van der Waals surface area contributed by atoms with E-state index in [-0.39, 0.29) is 18.0 Å². The van der Waals surface area contributed by atoms with E-state index in [1.54, 1.807) is 35.7 Å². The summed E-state index contributed by atoms with van der Waals surface area (Å²) in [5.74, 6) is 0.520. The summed E-state index contributed by atoms with van der Waals surface area (Å²) >= 11 is 1.28. The van der Waals surface area contributed by atoms with Gasteiger partial charge in [0.25, 0.3) is 5.56 Å². The number of fused-ring (bicyclic) bond motifs is 1. The molecular formula is C20H23N3O4S. The second-order valence-electron chi connectivity index (χ2n) is 6.89. The molecule has 3 aromatic rings. The van der Waals surface area contributed by atoms with E-state index in [0.717, 1.165) is 0 Å². The maximum atomic E-state index is 13.0. The van der Waals surface area contributed by atoms with Gasteiger partial charge in [0.1, 0.15) is 17.0 Å². The molecular weight excluding hydrogens is 378 g/mol. The number of hydrogen-bond donors (Lipinski definition) is 1. The number of para-hydroxylation sites is 2. The highest BCUT2D eigenvalue weighted by atomic mass is 32.1. The van der Waals surface area contributed by atoms with Gasteiger partial charge in [-0.3, -0.25) is 18.7 Å². The molecule has 0 aliphatic heterocycles. The molecule has 2 aromatic heterocycles. The van der Waals surface area contributed by atoms with E-state index in [2.05, 4.69) is 5.32 Å². The number of nitrogens with zero attached hydrogens (tertiary/aromatic N) is 2. The molecule has 0 spiro atoms. The maximum absolute atomic E-state index is 13.0. The van der Waals surface area contributed by atoms with Gasteiger partial charge in [0.2, 0.25) is 5.91 Å². The number of thiophene rings is 1. The number of carbonyl (C=O) groups is 1. The van der Waals surface area contributed by atoms with Crippen LogP contribution < -0.4 is 21.3 Å². The van der Waals surface area contributed by atoms with E-state index in [9.17, 15) is 14.4 Å². The highest BCUT2D eigenvalue weighted by molar-refractivity contribution is 7.17. The first-order chi connectivity index (χ1) is 13.4. The van der Waals surface area contributed by atoms with Crippen molar-refractivity contribution in [2.24, 2.45) is 5.92 Å². The normalized spacial score (nSPS) is 11.1. The van der Waals surface area contributed by atoms with Gasteiger partial charge in [-0.1, -0.05) is 26.0 Å². The first kappa shape index (κ1) is 19.9. The summed E-state index contributed by atoms with van der Waals surface area (Å²) in [5.41, 5.74) is 0.248. The van der Waals surface area contributed by atoms with E-state index in [1.165, 1.54) is 27.6 Å². The number of hydrogen-bond acceptors (Lipinski definition) is 5. The van der Waals surface area contributed by atoms with Crippen LogP contribution in [0, 0.1) is 5.92 Å². The maximum Gasteiger partial charge on any atom is 0.332 e. The zero-order chi connectivity index (χ0) is 20.3. The molecule has 1 N–H and O–H groups in total. The second-order valence-corrected chi connectivity index (χ2v) is 7.81. The minimum Gasteiger partial charge on any atom is -0.495 e. The third-order valence-electron chi connectivity index (χ3n) is 4.45. The monoisotopic (exact) mass is 401 g/mol. The summed E-state index contributed by atoms with van der Waals surface area (Å²) in [6.45, 7) is 4.21. The van der Waals surface area contributed by atoms with Crippen LogP contribution >= 0.6 is 11.3 Å². The largest absolute Gasteiger partial charge is 0.495 e. The van der Waals surface area contributed by atoms with Crippen molar-refractivity contribution in [3.8, 4) is 5.75 Å². The molecule has 148 valence electrons. The van der Waals surface area contributed by atoms with Gasteiger partial charge in [-0.05, 0) is 35.9 Å². The average Bonchev–Trinajstić information content (AvgIpc) is 3.15. The molecule has 0 fully saturated rings. The van der Waals surface area contributed by atoms with Crippen LogP contribution in [0.1, 0.15) is 20.3 Å². The van der Waals surface area contributed by atoms with Crippen LogP contribution in [-0.2, 0) is 17.9 Å². The lowest BCUT2D eigenvalue weighted by molar-refractivity contribution is -0.116. The zero-order valence-corrected chi connectivity index (χ0v) is 16.9. The Hall–Kier alpha value is -2.87. The number of carbonyl (C=O) groups excluding carboxylic acids is 1. The van der Waals surface area contributed by atoms with Gasteiger partial charge < -0.3 is 10.1 Å². The summed E-state index contributed by atoms with van der Waals surface area (Å²) < 4.78 is 8.31. The SMILES string of the molecule is COc1ccccc1NC(=O)Cn1c(=O)n(CCC(C)C)c(=O)c2sccc21. The Labute approximate surface area is 166 Å². The number of aromatic nitrogens is 2. The van der Waals surface area contributed by atoms with Gasteiger partial charge in [-0.25, -0.2) is 4.79 Å². The predicted octanol–water partition coefficient (Wildman–Crippen LogP) is 2.92. The molecule has 3 rings (SSSR count). The number of amides is 1. The molecule has 0 aliphatic carbocycles. The minimum atomic E-state index is -0.466. The molecule has 0 aliphatic rings. The van der Waals surface area contributed by atoms with Gasteiger partial charge in [0.05, 0.1) is 18.3 Å². The van der Waals surface area contributed by atoms with E-state index >= 15 is 0 Å². The quantitative estimate of drug-likeness (QED) is 0.660. The zero-order valence-electron chi connectivity index (χ0n) is 16.1. The Morgan fingerprint density at radius 3 is 2.64 bits per heavy atom. The first-order valence-electron chi connectivity index (χ1n) is 9.06. The highest BCUT2D eigenvalue weighted by Crippen LogP contribution is 2.23. The van der Waals surface area contributed by atoms with Gasteiger partial charge in [-0.15, -0.1) is 11.3 Å². The van der Waals surface area contributed by atoms with Crippen molar-refractivity contribution in [3.63, 3.8) is 0 Å². The number of benzene rings is 1. The number of ether oxygens (including phenoxy) is 1. The molecule has 0 bridgehead atoms. The van der Waals surface area contributed by atoms with Crippen molar-refractivity contribution in [2.75, 3.05) is 12.4 Å². The Morgan fingerprint density at radius 1 is 1.18 bits per heavy atom. The molecule has 8 heteroatoms. The highest BCUT2D eigenvalue weighted by Gasteiger charge is 2.17. The van der Waals surface area contributed by atoms with Gasteiger partial charge in [0.15, 0.2) is 0 Å². The third kappa shape index (κ3) is 4.01. The number of rotatable bonds is 7. The van der Waals surface area contributed by atoms with Gasteiger partial charge in [-0.2, -0.15) is 0 Å². The Morgan fingerprint density at radius 2 is 1.93 bits per heavy atom. The summed E-state index contributed by atoms with van der Waals surface area (Å²) in [4.78, 5) is 38.2. The van der Waals surface area contributed by atoms with Crippen LogP contribution in [0.25, 0.3) is 10.2 Å². The van der Waals surface area contributed by atoms with Crippen LogP contribution in [0.15, 0.2) is 45.3 Å². The van der Waals surface area contributed by atoms with E-state index in [0.29, 0.717) is 40.5 Å². The van der Waals surface area contributed by atoms with Crippen molar-refractivity contribution < 1.29 is 9.53 Å². The van der Waals surface area contributed by atoms with Gasteiger partial charge in [0, 0.05) is 6.54 Å².